The van der Waals surface area contributed by atoms with Crippen molar-refractivity contribution in [3.63, 3.8) is 0 Å². The van der Waals surface area contributed by atoms with E-state index < -0.39 is 28.6 Å². The van der Waals surface area contributed by atoms with E-state index in [-0.39, 0.29) is 27.3 Å². The van der Waals surface area contributed by atoms with E-state index >= 15 is 0 Å². The maximum Gasteiger partial charge on any atom is 0.327 e. The number of esters is 1. The summed E-state index contributed by atoms with van der Waals surface area (Å²) < 4.78 is 38.1. The zero-order valence-corrected chi connectivity index (χ0v) is 18.6. The van der Waals surface area contributed by atoms with Gasteiger partial charge in [-0.15, -0.1) is 0 Å². The van der Waals surface area contributed by atoms with Gasteiger partial charge in [0, 0.05) is 17.6 Å². The van der Waals surface area contributed by atoms with Gasteiger partial charge in [-0.1, -0.05) is 11.6 Å². The van der Waals surface area contributed by atoms with Crippen molar-refractivity contribution in [3.8, 4) is 5.75 Å². The maximum atomic E-state index is 13.4. The van der Waals surface area contributed by atoms with Crippen molar-refractivity contribution in [2.45, 2.75) is 31.8 Å². The van der Waals surface area contributed by atoms with Gasteiger partial charge in [-0.25, -0.2) is 8.42 Å². The molecule has 1 amide bonds. The first kappa shape index (κ1) is 23.5. The molecule has 0 fully saturated rings. The Morgan fingerprint density at radius 1 is 1.13 bits per heavy atom. The van der Waals surface area contributed by atoms with Crippen LogP contribution in [-0.4, -0.2) is 40.1 Å². The van der Waals surface area contributed by atoms with Crippen LogP contribution >= 0.6 is 11.6 Å². The van der Waals surface area contributed by atoms with Crippen LogP contribution in [0.3, 0.4) is 0 Å². The number of methoxy groups -OCH3 is 1. The fourth-order valence-electron chi connectivity index (χ4n) is 2.62. The van der Waals surface area contributed by atoms with Crippen molar-refractivity contribution in [2.24, 2.45) is 0 Å². The van der Waals surface area contributed by atoms with Crippen LogP contribution in [0.1, 0.15) is 20.8 Å². The number of anilines is 2. The van der Waals surface area contributed by atoms with Crippen molar-refractivity contribution in [3.05, 3.63) is 47.5 Å². The molecule has 0 aliphatic carbocycles. The second kappa shape index (κ2) is 9.82. The zero-order valence-electron chi connectivity index (χ0n) is 17.0. The van der Waals surface area contributed by atoms with Gasteiger partial charge < -0.3 is 14.8 Å². The number of rotatable bonds is 8. The Bertz CT molecular complexity index is 1020. The lowest BCUT2D eigenvalue weighted by atomic mass is 10.3. The van der Waals surface area contributed by atoms with Crippen LogP contribution < -0.4 is 14.4 Å². The van der Waals surface area contributed by atoms with Gasteiger partial charge in [0.2, 0.25) is 5.91 Å². The van der Waals surface area contributed by atoms with Crippen LogP contribution in [0, 0.1) is 0 Å². The van der Waals surface area contributed by atoms with E-state index in [1.807, 2.05) is 0 Å². The summed E-state index contributed by atoms with van der Waals surface area (Å²) in [6.07, 6.45) is -0.416. The van der Waals surface area contributed by atoms with Gasteiger partial charge in [0.05, 0.1) is 23.8 Å². The van der Waals surface area contributed by atoms with Gasteiger partial charge in [-0.3, -0.25) is 13.9 Å². The summed E-state index contributed by atoms with van der Waals surface area (Å²) in [5.74, 6) is -0.798. The molecule has 0 atom stereocenters. The second-order valence-electron chi connectivity index (χ2n) is 6.57. The average Bonchev–Trinajstić information content (AvgIpc) is 2.65. The number of nitrogens with zero attached hydrogens (tertiary/aromatic N) is 1. The third-order valence-corrected chi connectivity index (χ3v) is 5.82. The molecule has 0 saturated carbocycles. The first-order valence-corrected chi connectivity index (χ1v) is 10.8. The third-order valence-electron chi connectivity index (χ3n) is 3.81. The number of hydrogen-bond donors (Lipinski definition) is 1. The lowest BCUT2D eigenvalue weighted by Gasteiger charge is -2.26. The predicted molar refractivity (Wildman–Crippen MR) is 115 cm³/mol. The number of carbonyl (C=O) groups excluding carboxylic acids is 2. The maximum absolute atomic E-state index is 13.4. The average molecular weight is 455 g/mol. The Hall–Kier alpha value is -2.78. The van der Waals surface area contributed by atoms with Crippen molar-refractivity contribution < 1.29 is 27.5 Å². The summed E-state index contributed by atoms with van der Waals surface area (Å²) in [6.45, 7) is 4.09. The third kappa shape index (κ3) is 5.87. The molecule has 162 valence electrons. The van der Waals surface area contributed by atoms with E-state index in [9.17, 15) is 18.0 Å². The normalized spacial score (nSPS) is 11.1. The standard InChI is InChI=1S/C20H23ClN2O6S/c1-13(2)29-20(25)12-23(18-11-15(21)5-10-19(18)28-4)30(26,27)17-8-6-16(7-9-17)22-14(3)24/h5-11,13H,12H2,1-4H3,(H,22,24). The van der Waals surface area contributed by atoms with E-state index in [0.29, 0.717) is 5.69 Å². The number of halogens is 1. The fourth-order valence-corrected chi connectivity index (χ4v) is 4.19. The molecule has 2 aromatic rings. The van der Waals surface area contributed by atoms with Gasteiger partial charge in [0.25, 0.3) is 10.0 Å². The molecule has 0 aromatic heterocycles. The van der Waals surface area contributed by atoms with E-state index in [2.05, 4.69) is 5.32 Å². The topological polar surface area (TPSA) is 102 Å². The largest absolute Gasteiger partial charge is 0.495 e. The second-order valence-corrected chi connectivity index (χ2v) is 8.87. The zero-order chi connectivity index (χ0) is 22.5. The number of nitrogens with one attached hydrogen (secondary N) is 1. The van der Waals surface area contributed by atoms with Crippen molar-refractivity contribution in [2.75, 3.05) is 23.3 Å². The molecule has 0 aliphatic heterocycles. The Labute approximate surface area is 180 Å². The number of amides is 1. The Kier molecular flexibility index (Phi) is 7.69. The highest BCUT2D eigenvalue weighted by Crippen LogP contribution is 2.35. The minimum Gasteiger partial charge on any atom is -0.495 e. The van der Waals surface area contributed by atoms with E-state index in [1.54, 1.807) is 19.9 Å². The van der Waals surface area contributed by atoms with Gasteiger partial charge >= 0.3 is 5.97 Å². The SMILES string of the molecule is COc1ccc(Cl)cc1N(CC(=O)OC(C)C)S(=O)(=O)c1ccc(NC(C)=O)cc1. The summed E-state index contributed by atoms with van der Waals surface area (Å²) in [5, 5.41) is 2.83. The summed E-state index contributed by atoms with van der Waals surface area (Å²) in [4.78, 5) is 23.4. The predicted octanol–water partition coefficient (Wildman–Crippen LogP) is 3.45. The van der Waals surface area contributed by atoms with Crippen LogP contribution in [0.15, 0.2) is 47.4 Å². The first-order chi connectivity index (χ1) is 14.0. The molecule has 10 heteroatoms. The number of benzene rings is 2. The smallest absolute Gasteiger partial charge is 0.327 e. The van der Waals surface area contributed by atoms with Crippen LogP contribution in [0.2, 0.25) is 5.02 Å². The Balaban J connectivity index is 2.53. The molecule has 2 aromatic carbocycles. The first-order valence-electron chi connectivity index (χ1n) is 8.98. The van der Waals surface area contributed by atoms with E-state index in [4.69, 9.17) is 21.1 Å². The minimum absolute atomic E-state index is 0.0871. The molecule has 0 radical (unpaired) electrons. The monoisotopic (exact) mass is 454 g/mol. The Morgan fingerprint density at radius 2 is 1.77 bits per heavy atom. The number of carbonyl (C=O) groups is 2. The number of sulfonamides is 1. The van der Waals surface area contributed by atoms with Crippen molar-refractivity contribution in [1.29, 1.82) is 0 Å². The summed E-state index contributed by atoms with van der Waals surface area (Å²) in [7, 11) is -2.82. The fraction of sp³-hybridized carbons (Fsp3) is 0.300. The number of hydrogen-bond acceptors (Lipinski definition) is 6. The van der Waals surface area contributed by atoms with Gasteiger partial charge in [-0.05, 0) is 56.3 Å². The molecule has 0 aliphatic rings. The molecule has 0 saturated heterocycles. The summed E-state index contributed by atoms with van der Waals surface area (Å²) in [5.41, 5.74) is 0.532. The van der Waals surface area contributed by atoms with Crippen LogP contribution in [-0.2, 0) is 24.3 Å². The van der Waals surface area contributed by atoms with Crippen LogP contribution in [0.25, 0.3) is 0 Å². The molecule has 30 heavy (non-hydrogen) atoms. The molecule has 0 heterocycles. The van der Waals surface area contributed by atoms with Gasteiger partial charge in [0.1, 0.15) is 12.3 Å². The van der Waals surface area contributed by atoms with Crippen molar-refractivity contribution >= 4 is 44.9 Å². The minimum atomic E-state index is -4.20. The molecule has 8 nitrogen and oxygen atoms in total. The molecular weight excluding hydrogens is 432 g/mol. The summed E-state index contributed by atoms with van der Waals surface area (Å²) >= 11 is 6.07. The highest BCUT2D eigenvalue weighted by Gasteiger charge is 2.30. The van der Waals surface area contributed by atoms with E-state index in [1.165, 1.54) is 50.4 Å². The lowest BCUT2D eigenvalue weighted by Crippen LogP contribution is -2.37. The highest BCUT2D eigenvalue weighted by atomic mass is 35.5. The summed E-state index contributed by atoms with van der Waals surface area (Å²) in [6, 6.07) is 10.0. The number of ether oxygens (including phenoxy) is 2. The highest BCUT2D eigenvalue weighted by molar-refractivity contribution is 7.92. The van der Waals surface area contributed by atoms with E-state index in [0.717, 1.165) is 4.31 Å². The van der Waals surface area contributed by atoms with Crippen LogP contribution in [0.4, 0.5) is 11.4 Å². The van der Waals surface area contributed by atoms with Gasteiger partial charge in [-0.2, -0.15) is 0 Å². The van der Waals surface area contributed by atoms with Crippen molar-refractivity contribution in [1.82, 2.24) is 0 Å². The quantitative estimate of drug-likeness (QED) is 0.613. The molecule has 0 bridgehead atoms. The molecule has 1 N–H and O–H groups in total. The molecule has 0 spiro atoms. The molecule has 0 unspecified atom stereocenters. The molecule has 2 rings (SSSR count). The molecular formula is C20H23ClN2O6S. The van der Waals surface area contributed by atoms with Crippen LogP contribution in [0.5, 0.6) is 5.75 Å². The van der Waals surface area contributed by atoms with Gasteiger partial charge in [0.15, 0.2) is 0 Å². The lowest BCUT2D eigenvalue weighted by molar-refractivity contribution is -0.145. The Morgan fingerprint density at radius 3 is 2.30 bits per heavy atom.